The normalized spacial score (nSPS) is 12.9. The summed E-state index contributed by atoms with van der Waals surface area (Å²) in [5.41, 5.74) is -0.215. The second-order valence-corrected chi connectivity index (χ2v) is 5.67. The van der Waals surface area contributed by atoms with Crippen molar-refractivity contribution in [3.8, 4) is 0 Å². The molecule has 1 rings (SSSR count). The Morgan fingerprint density at radius 3 is 2.53 bits per heavy atom. The number of nitro benzene ring substituents is 1. The summed E-state index contributed by atoms with van der Waals surface area (Å²) in [7, 11) is 0. The van der Waals surface area contributed by atoms with Gasteiger partial charge in [-0.3, -0.25) is 14.9 Å². The van der Waals surface area contributed by atoms with E-state index in [-0.39, 0.29) is 16.6 Å². The first-order valence-electron chi connectivity index (χ1n) is 5.87. The molecule has 0 saturated carbocycles. The number of amides is 1. The zero-order valence-corrected chi connectivity index (χ0v) is 12.1. The van der Waals surface area contributed by atoms with Crippen LogP contribution in [0.3, 0.4) is 0 Å². The molecule has 0 aliphatic carbocycles. The van der Waals surface area contributed by atoms with Crippen LogP contribution in [0.15, 0.2) is 18.2 Å². The van der Waals surface area contributed by atoms with Crippen LogP contribution in [-0.2, 0) is 0 Å². The van der Waals surface area contributed by atoms with Gasteiger partial charge in [0.1, 0.15) is 5.56 Å². The predicted molar refractivity (Wildman–Crippen MR) is 74.7 cm³/mol. The topological polar surface area (TPSA) is 72.2 Å². The van der Waals surface area contributed by atoms with Gasteiger partial charge in [-0.05, 0) is 33.3 Å². The van der Waals surface area contributed by atoms with E-state index < -0.39 is 16.4 Å². The van der Waals surface area contributed by atoms with E-state index in [9.17, 15) is 14.9 Å². The molecule has 1 amide bonds. The van der Waals surface area contributed by atoms with E-state index in [1.807, 2.05) is 0 Å². The Bertz CT molecular complexity index is 513. The maximum Gasteiger partial charge on any atom is 0.282 e. The summed E-state index contributed by atoms with van der Waals surface area (Å²) in [6.07, 6.45) is 0. The molecular weight excluding hydrogens is 268 g/mol. The maximum atomic E-state index is 12.2. The number of hydrogen-bond acceptors (Lipinski definition) is 3. The fourth-order valence-electron chi connectivity index (χ4n) is 1.55. The van der Waals surface area contributed by atoms with Gasteiger partial charge in [0.05, 0.1) is 15.8 Å². The molecule has 6 heteroatoms. The highest BCUT2D eigenvalue weighted by atomic mass is 35.5. The average Bonchev–Trinajstić information content (AvgIpc) is 2.27. The van der Waals surface area contributed by atoms with Gasteiger partial charge in [-0.15, -0.1) is 11.6 Å². The molecule has 0 aliphatic rings. The quantitative estimate of drug-likeness (QED) is 0.525. The van der Waals surface area contributed by atoms with Gasteiger partial charge in [0.2, 0.25) is 0 Å². The van der Waals surface area contributed by atoms with E-state index in [1.54, 1.807) is 39.8 Å². The molecule has 0 saturated heterocycles. The highest BCUT2D eigenvalue weighted by Crippen LogP contribution is 2.23. The van der Waals surface area contributed by atoms with Crippen molar-refractivity contribution >= 4 is 23.2 Å². The number of rotatable bonds is 4. The van der Waals surface area contributed by atoms with Crippen LogP contribution < -0.4 is 5.32 Å². The van der Waals surface area contributed by atoms with Crippen molar-refractivity contribution in [2.75, 3.05) is 0 Å². The summed E-state index contributed by atoms with van der Waals surface area (Å²) in [4.78, 5) is 22.7. The van der Waals surface area contributed by atoms with Crippen LogP contribution in [0.25, 0.3) is 0 Å². The number of aryl methyl sites for hydroxylation is 1. The molecule has 1 aromatic rings. The van der Waals surface area contributed by atoms with Crippen LogP contribution in [0, 0.1) is 17.0 Å². The fourth-order valence-corrected chi connectivity index (χ4v) is 1.61. The summed E-state index contributed by atoms with van der Waals surface area (Å²) in [5.74, 6) is -0.484. The molecule has 0 bridgehead atoms. The molecule has 1 N–H and O–H groups in total. The molecule has 0 fully saturated rings. The Kier molecular flexibility index (Phi) is 4.52. The monoisotopic (exact) mass is 284 g/mol. The first kappa shape index (κ1) is 15.4. The molecule has 5 nitrogen and oxygen atoms in total. The van der Waals surface area contributed by atoms with E-state index in [0.717, 1.165) is 0 Å². The molecular formula is C13H17ClN2O3. The zero-order chi connectivity index (χ0) is 14.8. The molecule has 0 aromatic heterocycles. The number of carbonyl (C=O) groups is 1. The molecule has 0 radical (unpaired) electrons. The van der Waals surface area contributed by atoms with Crippen molar-refractivity contribution in [3.05, 3.63) is 39.4 Å². The number of benzene rings is 1. The lowest BCUT2D eigenvalue weighted by molar-refractivity contribution is -0.385. The average molecular weight is 285 g/mol. The highest BCUT2D eigenvalue weighted by Gasteiger charge is 2.30. The smallest absolute Gasteiger partial charge is 0.282 e. The molecule has 1 aromatic carbocycles. The number of nitrogens with one attached hydrogen (secondary N) is 1. The Morgan fingerprint density at radius 2 is 2.05 bits per heavy atom. The molecule has 0 aliphatic heterocycles. The Morgan fingerprint density at radius 1 is 1.47 bits per heavy atom. The molecule has 19 heavy (non-hydrogen) atoms. The minimum atomic E-state index is -0.658. The number of hydrogen-bond donors (Lipinski definition) is 1. The number of nitro groups is 1. The van der Waals surface area contributed by atoms with Gasteiger partial charge in [-0.1, -0.05) is 12.1 Å². The molecule has 104 valence electrons. The first-order chi connectivity index (χ1) is 8.66. The molecule has 1 unspecified atom stereocenters. The number of halogens is 1. The SMILES string of the molecule is Cc1cccc([N+](=O)[O-])c1C(=O)NC(C)(C)C(C)Cl. The van der Waals surface area contributed by atoms with Crippen molar-refractivity contribution in [2.24, 2.45) is 0 Å². The number of carbonyl (C=O) groups excluding carboxylic acids is 1. The highest BCUT2D eigenvalue weighted by molar-refractivity contribution is 6.21. The van der Waals surface area contributed by atoms with Crippen molar-refractivity contribution in [2.45, 2.75) is 38.6 Å². The summed E-state index contributed by atoms with van der Waals surface area (Å²) in [5, 5.41) is 13.4. The number of nitrogens with zero attached hydrogens (tertiary/aromatic N) is 1. The van der Waals surface area contributed by atoms with Gasteiger partial charge in [-0.25, -0.2) is 0 Å². The van der Waals surface area contributed by atoms with E-state index >= 15 is 0 Å². The van der Waals surface area contributed by atoms with Gasteiger partial charge in [0, 0.05) is 6.07 Å². The maximum absolute atomic E-state index is 12.2. The standard InChI is InChI=1S/C13H17ClN2O3/c1-8-6-5-7-10(16(18)19)11(8)12(17)15-13(3,4)9(2)14/h5-7,9H,1-4H3,(H,15,17). The van der Waals surface area contributed by atoms with Gasteiger partial charge >= 0.3 is 0 Å². The predicted octanol–water partition coefficient (Wildman–Crippen LogP) is 3.04. The summed E-state index contributed by atoms with van der Waals surface area (Å²) in [6, 6.07) is 4.54. The van der Waals surface area contributed by atoms with Crippen molar-refractivity contribution in [3.63, 3.8) is 0 Å². The van der Waals surface area contributed by atoms with E-state index in [1.165, 1.54) is 6.07 Å². The van der Waals surface area contributed by atoms with Gasteiger partial charge in [0.25, 0.3) is 11.6 Å². The summed E-state index contributed by atoms with van der Waals surface area (Å²) >= 11 is 5.99. The Balaban J connectivity index is 3.17. The second-order valence-electron chi connectivity index (χ2n) is 5.02. The zero-order valence-electron chi connectivity index (χ0n) is 11.4. The summed E-state index contributed by atoms with van der Waals surface area (Å²) < 4.78 is 0. The molecule has 1 atom stereocenters. The first-order valence-corrected chi connectivity index (χ1v) is 6.31. The fraction of sp³-hybridized carbons (Fsp3) is 0.462. The van der Waals surface area contributed by atoms with Crippen LogP contribution in [0.5, 0.6) is 0 Å². The third-order valence-electron chi connectivity index (χ3n) is 3.10. The minimum Gasteiger partial charge on any atom is -0.345 e. The lowest BCUT2D eigenvalue weighted by atomic mass is 9.99. The summed E-state index contributed by atoms with van der Waals surface area (Å²) in [6.45, 7) is 6.96. The largest absolute Gasteiger partial charge is 0.345 e. The van der Waals surface area contributed by atoms with Crippen LogP contribution in [0.2, 0.25) is 0 Å². The van der Waals surface area contributed by atoms with E-state index in [4.69, 9.17) is 11.6 Å². The lowest BCUT2D eigenvalue weighted by Gasteiger charge is -2.29. The van der Waals surface area contributed by atoms with Crippen molar-refractivity contribution in [1.29, 1.82) is 0 Å². The van der Waals surface area contributed by atoms with E-state index in [2.05, 4.69) is 5.32 Å². The lowest BCUT2D eigenvalue weighted by Crippen LogP contribution is -2.49. The van der Waals surface area contributed by atoms with Gasteiger partial charge in [-0.2, -0.15) is 0 Å². The number of alkyl halides is 1. The molecule has 0 spiro atoms. The van der Waals surface area contributed by atoms with Crippen LogP contribution in [0.1, 0.15) is 36.7 Å². The van der Waals surface area contributed by atoms with Gasteiger partial charge < -0.3 is 5.32 Å². The van der Waals surface area contributed by atoms with Crippen molar-refractivity contribution < 1.29 is 9.72 Å². The molecule has 0 heterocycles. The van der Waals surface area contributed by atoms with Crippen molar-refractivity contribution in [1.82, 2.24) is 5.32 Å². The second kappa shape index (κ2) is 5.57. The van der Waals surface area contributed by atoms with E-state index in [0.29, 0.717) is 5.56 Å². The van der Waals surface area contributed by atoms with Crippen LogP contribution >= 0.6 is 11.6 Å². The Hall–Kier alpha value is -1.62. The van der Waals surface area contributed by atoms with Crippen LogP contribution in [-0.4, -0.2) is 21.7 Å². The third-order valence-corrected chi connectivity index (χ3v) is 3.65. The third kappa shape index (κ3) is 3.44. The Labute approximate surface area is 117 Å². The van der Waals surface area contributed by atoms with Crippen LogP contribution in [0.4, 0.5) is 5.69 Å². The minimum absolute atomic E-state index is 0.0814. The van der Waals surface area contributed by atoms with Gasteiger partial charge in [0.15, 0.2) is 0 Å².